The van der Waals surface area contributed by atoms with Gasteiger partial charge < -0.3 is 5.32 Å². The molecule has 2 aromatic rings. The van der Waals surface area contributed by atoms with Crippen molar-refractivity contribution in [1.82, 2.24) is 20.3 Å². The van der Waals surface area contributed by atoms with E-state index in [2.05, 4.69) is 27.8 Å². The molecule has 5 heteroatoms. The Morgan fingerprint density at radius 3 is 2.62 bits per heavy atom. The Morgan fingerprint density at radius 1 is 1.21 bits per heavy atom. The fourth-order valence-electron chi connectivity index (χ4n) is 3.27. The summed E-state index contributed by atoms with van der Waals surface area (Å²) in [4.78, 5) is 12.5. The molecule has 1 fully saturated rings. The molecule has 0 atom stereocenters. The molecule has 0 saturated heterocycles. The molecule has 128 valence electrons. The third-order valence-electron chi connectivity index (χ3n) is 4.78. The first-order chi connectivity index (χ1) is 11.5. The third kappa shape index (κ3) is 4.02. The van der Waals surface area contributed by atoms with Crippen LogP contribution in [-0.4, -0.2) is 20.9 Å². The van der Waals surface area contributed by atoms with Crippen LogP contribution >= 0.6 is 0 Å². The van der Waals surface area contributed by atoms with Gasteiger partial charge in [0.25, 0.3) is 0 Å². The van der Waals surface area contributed by atoms with Gasteiger partial charge in [0.2, 0.25) is 5.91 Å². The second kappa shape index (κ2) is 7.16. The van der Waals surface area contributed by atoms with E-state index in [-0.39, 0.29) is 11.8 Å². The summed E-state index contributed by atoms with van der Waals surface area (Å²) in [6.07, 6.45) is 7.50. The van der Waals surface area contributed by atoms with Crippen LogP contribution in [-0.2, 0) is 16.9 Å². The number of benzene rings is 1. The van der Waals surface area contributed by atoms with Gasteiger partial charge in [-0.1, -0.05) is 54.8 Å². The summed E-state index contributed by atoms with van der Waals surface area (Å²) < 4.78 is 1.82. The molecule has 1 aromatic heterocycles. The molecule has 1 saturated carbocycles. The number of hydrogen-bond acceptors (Lipinski definition) is 3. The Morgan fingerprint density at radius 2 is 1.92 bits per heavy atom. The van der Waals surface area contributed by atoms with Crippen molar-refractivity contribution in [3.63, 3.8) is 0 Å². The maximum absolute atomic E-state index is 12.5. The number of nitrogens with zero attached hydrogens (tertiary/aromatic N) is 3. The first-order valence-corrected chi connectivity index (χ1v) is 8.81. The molecule has 1 N–H and O–H groups in total. The first kappa shape index (κ1) is 16.7. The van der Waals surface area contributed by atoms with E-state index in [0.717, 1.165) is 31.4 Å². The molecule has 1 aromatic carbocycles. The largest absolute Gasteiger partial charge is 0.345 e. The standard InChI is InChI=1S/C19H26N4O/c1-19(2,20-18(24)16-11-7-4-8-12-16)17-14-23(22-21-17)13-15-9-5-3-6-10-15/h3,5-6,9-10,14,16H,4,7-8,11-13H2,1-2H3,(H,20,24). The Kier molecular flexibility index (Phi) is 4.97. The summed E-state index contributed by atoms with van der Waals surface area (Å²) in [5.41, 5.74) is 1.46. The van der Waals surface area contributed by atoms with Crippen LogP contribution in [0.25, 0.3) is 0 Å². The van der Waals surface area contributed by atoms with E-state index >= 15 is 0 Å². The number of rotatable bonds is 5. The number of amides is 1. The molecular weight excluding hydrogens is 300 g/mol. The van der Waals surface area contributed by atoms with Gasteiger partial charge in [0.05, 0.1) is 18.3 Å². The molecule has 0 spiro atoms. The van der Waals surface area contributed by atoms with Crippen molar-refractivity contribution in [1.29, 1.82) is 0 Å². The predicted octanol–water partition coefficient (Wildman–Crippen LogP) is 3.26. The number of carbonyl (C=O) groups excluding carboxylic acids is 1. The van der Waals surface area contributed by atoms with Gasteiger partial charge >= 0.3 is 0 Å². The Labute approximate surface area is 143 Å². The highest BCUT2D eigenvalue weighted by Crippen LogP contribution is 2.26. The van der Waals surface area contributed by atoms with Crippen LogP contribution in [0, 0.1) is 5.92 Å². The lowest BCUT2D eigenvalue weighted by Crippen LogP contribution is -2.44. The zero-order chi connectivity index (χ0) is 17.0. The normalized spacial score (nSPS) is 16.1. The van der Waals surface area contributed by atoms with Gasteiger partial charge in [0.15, 0.2) is 0 Å². The van der Waals surface area contributed by atoms with Gasteiger partial charge in [0.1, 0.15) is 5.69 Å². The number of carbonyl (C=O) groups is 1. The van der Waals surface area contributed by atoms with E-state index < -0.39 is 5.54 Å². The fourth-order valence-corrected chi connectivity index (χ4v) is 3.27. The summed E-state index contributed by atoms with van der Waals surface area (Å²) in [5, 5.41) is 11.7. The van der Waals surface area contributed by atoms with Crippen LogP contribution < -0.4 is 5.32 Å². The second-order valence-corrected chi connectivity index (χ2v) is 7.24. The van der Waals surface area contributed by atoms with E-state index in [9.17, 15) is 4.79 Å². The Hall–Kier alpha value is -2.17. The van der Waals surface area contributed by atoms with Crippen molar-refractivity contribution in [2.75, 3.05) is 0 Å². The molecule has 0 radical (unpaired) electrons. The lowest BCUT2D eigenvalue weighted by atomic mass is 9.87. The molecular formula is C19H26N4O. The molecule has 1 aliphatic carbocycles. The average molecular weight is 326 g/mol. The van der Waals surface area contributed by atoms with Crippen molar-refractivity contribution in [2.45, 2.75) is 58.0 Å². The van der Waals surface area contributed by atoms with Crippen LogP contribution in [0.15, 0.2) is 36.5 Å². The summed E-state index contributed by atoms with van der Waals surface area (Å²) in [5.74, 6) is 0.301. The summed E-state index contributed by atoms with van der Waals surface area (Å²) in [6.45, 7) is 4.66. The van der Waals surface area contributed by atoms with Gasteiger partial charge in [-0.15, -0.1) is 5.10 Å². The predicted molar refractivity (Wildman–Crippen MR) is 93.3 cm³/mol. The van der Waals surface area contributed by atoms with E-state index in [0.29, 0.717) is 6.54 Å². The zero-order valence-electron chi connectivity index (χ0n) is 14.5. The molecule has 3 rings (SSSR count). The van der Waals surface area contributed by atoms with Crippen molar-refractivity contribution < 1.29 is 4.79 Å². The smallest absolute Gasteiger partial charge is 0.223 e. The highest BCUT2D eigenvalue weighted by molar-refractivity contribution is 5.79. The van der Waals surface area contributed by atoms with Gasteiger partial charge in [0, 0.05) is 5.92 Å². The molecule has 0 bridgehead atoms. The van der Waals surface area contributed by atoms with Crippen LogP contribution in [0.5, 0.6) is 0 Å². The lowest BCUT2D eigenvalue weighted by molar-refractivity contribution is -0.127. The van der Waals surface area contributed by atoms with E-state index in [1.165, 1.54) is 12.0 Å². The van der Waals surface area contributed by atoms with E-state index in [1.54, 1.807) is 0 Å². The highest BCUT2D eigenvalue weighted by atomic mass is 16.2. The Balaban J connectivity index is 1.65. The maximum atomic E-state index is 12.5. The Bertz CT molecular complexity index is 672. The fraction of sp³-hybridized carbons (Fsp3) is 0.526. The second-order valence-electron chi connectivity index (χ2n) is 7.24. The minimum atomic E-state index is -0.510. The topological polar surface area (TPSA) is 59.8 Å². The third-order valence-corrected chi connectivity index (χ3v) is 4.78. The van der Waals surface area contributed by atoms with Gasteiger partial charge in [-0.2, -0.15) is 0 Å². The number of nitrogens with one attached hydrogen (secondary N) is 1. The maximum Gasteiger partial charge on any atom is 0.223 e. The quantitative estimate of drug-likeness (QED) is 0.917. The average Bonchev–Trinajstić information content (AvgIpc) is 3.06. The van der Waals surface area contributed by atoms with Crippen LogP contribution in [0.1, 0.15) is 57.2 Å². The van der Waals surface area contributed by atoms with Crippen molar-refractivity contribution in [3.8, 4) is 0 Å². The summed E-state index contributed by atoms with van der Waals surface area (Å²) >= 11 is 0. The molecule has 1 amide bonds. The lowest BCUT2D eigenvalue weighted by Gasteiger charge is -2.28. The van der Waals surface area contributed by atoms with Gasteiger partial charge in [-0.25, -0.2) is 4.68 Å². The van der Waals surface area contributed by atoms with E-state index in [1.807, 2.05) is 42.9 Å². The SMILES string of the molecule is CC(C)(NC(=O)C1CCCCC1)c1cn(Cc2ccccc2)nn1. The van der Waals surface area contributed by atoms with E-state index in [4.69, 9.17) is 0 Å². The van der Waals surface area contributed by atoms with Crippen molar-refractivity contribution >= 4 is 5.91 Å². The van der Waals surface area contributed by atoms with Gasteiger partial charge in [-0.3, -0.25) is 4.79 Å². The summed E-state index contributed by atoms with van der Waals surface area (Å²) in [6, 6.07) is 10.2. The van der Waals surface area contributed by atoms with Crippen LogP contribution in [0.2, 0.25) is 0 Å². The van der Waals surface area contributed by atoms with Crippen molar-refractivity contribution in [2.24, 2.45) is 5.92 Å². The molecule has 1 heterocycles. The minimum absolute atomic E-state index is 0.150. The minimum Gasteiger partial charge on any atom is -0.345 e. The first-order valence-electron chi connectivity index (χ1n) is 8.81. The van der Waals surface area contributed by atoms with Crippen molar-refractivity contribution in [3.05, 3.63) is 47.8 Å². The van der Waals surface area contributed by atoms with Gasteiger partial charge in [-0.05, 0) is 32.3 Å². The molecule has 1 aliphatic rings. The molecule has 0 unspecified atom stereocenters. The molecule has 0 aliphatic heterocycles. The monoisotopic (exact) mass is 326 g/mol. The van der Waals surface area contributed by atoms with Crippen LogP contribution in [0.3, 0.4) is 0 Å². The number of hydrogen-bond donors (Lipinski definition) is 1. The number of aromatic nitrogens is 3. The zero-order valence-corrected chi connectivity index (χ0v) is 14.5. The molecule has 5 nitrogen and oxygen atoms in total. The summed E-state index contributed by atoms with van der Waals surface area (Å²) in [7, 11) is 0. The van der Waals surface area contributed by atoms with Crippen LogP contribution in [0.4, 0.5) is 0 Å². The highest BCUT2D eigenvalue weighted by Gasteiger charge is 2.30. The molecule has 24 heavy (non-hydrogen) atoms.